The highest BCUT2D eigenvalue weighted by atomic mass is 16.1. The summed E-state index contributed by atoms with van der Waals surface area (Å²) < 4.78 is 0. The molecule has 0 saturated carbocycles. The smallest absolute Gasteiger partial charge is 0.269 e. The van der Waals surface area contributed by atoms with Gasteiger partial charge in [0.1, 0.15) is 0 Å². The van der Waals surface area contributed by atoms with Crippen LogP contribution in [0.3, 0.4) is 0 Å². The van der Waals surface area contributed by atoms with Crippen molar-refractivity contribution < 1.29 is 4.79 Å². The monoisotopic (exact) mass is 314 g/mol. The summed E-state index contributed by atoms with van der Waals surface area (Å²) in [7, 11) is 0. The van der Waals surface area contributed by atoms with Gasteiger partial charge in [0.2, 0.25) is 5.91 Å². The number of aromatic amines is 1. The van der Waals surface area contributed by atoms with Gasteiger partial charge in [-0.2, -0.15) is 5.10 Å². The standard InChI is InChI=1S/C17H22N4O2/c1-3-13-14(17(23)21-20-15(13)4-2)11-19-16(22)6-5-12-7-9-18-10-8-12/h7-10H,3-6,11H2,1-2H3,(H,19,22)(H,21,23). The van der Waals surface area contributed by atoms with Crippen LogP contribution >= 0.6 is 0 Å². The van der Waals surface area contributed by atoms with Gasteiger partial charge in [0.15, 0.2) is 0 Å². The molecule has 0 bridgehead atoms. The number of aromatic nitrogens is 3. The molecule has 0 aliphatic carbocycles. The fraction of sp³-hybridized carbons (Fsp3) is 0.412. The number of rotatable bonds is 7. The number of nitrogens with one attached hydrogen (secondary N) is 2. The molecule has 2 rings (SSSR count). The third-order valence-corrected chi connectivity index (χ3v) is 3.82. The van der Waals surface area contributed by atoms with Crippen LogP contribution in [0.1, 0.15) is 42.7 Å². The third-order valence-electron chi connectivity index (χ3n) is 3.82. The van der Waals surface area contributed by atoms with Gasteiger partial charge in [0, 0.05) is 30.9 Å². The zero-order chi connectivity index (χ0) is 16.7. The van der Waals surface area contributed by atoms with Crippen molar-refractivity contribution in [1.29, 1.82) is 0 Å². The lowest BCUT2D eigenvalue weighted by Crippen LogP contribution is -2.29. The van der Waals surface area contributed by atoms with Gasteiger partial charge in [-0.15, -0.1) is 0 Å². The third kappa shape index (κ3) is 4.48. The molecule has 6 heteroatoms. The van der Waals surface area contributed by atoms with Crippen molar-refractivity contribution >= 4 is 5.91 Å². The average molecular weight is 314 g/mol. The number of carbonyl (C=O) groups excluding carboxylic acids is 1. The molecule has 122 valence electrons. The summed E-state index contributed by atoms with van der Waals surface area (Å²) in [5.41, 5.74) is 3.27. The molecule has 0 radical (unpaired) electrons. The van der Waals surface area contributed by atoms with E-state index in [1.54, 1.807) is 12.4 Å². The van der Waals surface area contributed by atoms with Crippen molar-refractivity contribution in [3.8, 4) is 0 Å². The molecule has 23 heavy (non-hydrogen) atoms. The molecule has 0 unspecified atom stereocenters. The van der Waals surface area contributed by atoms with E-state index in [0.29, 0.717) is 18.4 Å². The average Bonchev–Trinajstić information content (AvgIpc) is 2.59. The van der Waals surface area contributed by atoms with E-state index >= 15 is 0 Å². The molecule has 1 amide bonds. The van der Waals surface area contributed by atoms with Crippen molar-refractivity contribution in [3.05, 3.63) is 57.3 Å². The molecular formula is C17H22N4O2. The van der Waals surface area contributed by atoms with E-state index in [2.05, 4.69) is 20.5 Å². The van der Waals surface area contributed by atoms with Crippen molar-refractivity contribution in [1.82, 2.24) is 20.5 Å². The van der Waals surface area contributed by atoms with Crippen LogP contribution in [0.4, 0.5) is 0 Å². The highest BCUT2D eigenvalue weighted by Gasteiger charge is 2.12. The van der Waals surface area contributed by atoms with Crippen LogP contribution in [-0.4, -0.2) is 21.1 Å². The minimum absolute atomic E-state index is 0.0712. The van der Waals surface area contributed by atoms with Crippen LogP contribution in [0.2, 0.25) is 0 Å². The lowest BCUT2D eigenvalue weighted by molar-refractivity contribution is -0.121. The summed E-state index contributed by atoms with van der Waals surface area (Å²) in [5.74, 6) is -0.0712. The Labute approximate surface area is 135 Å². The Bertz CT molecular complexity index is 710. The summed E-state index contributed by atoms with van der Waals surface area (Å²) in [6, 6.07) is 3.78. The van der Waals surface area contributed by atoms with E-state index in [4.69, 9.17) is 0 Å². The first-order valence-corrected chi connectivity index (χ1v) is 7.90. The Kier molecular flexibility index (Phi) is 6.02. The zero-order valence-corrected chi connectivity index (χ0v) is 13.6. The molecule has 2 N–H and O–H groups in total. The Balaban J connectivity index is 1.98. The number of pyridine rings is 1. The first-order valence-electron chi connectivity index (χ1n) is 7.90. The van der Waals surface area contributed by atoms with Gasteiger partial charge in [-0.25, -0.2) is 5.10 Å². The van der Waals surface area contributed by atoms with Gasteiger partial charge in [-0.1, -0.05) is 13.8 Å². The number of aryl methyl sites for hydroxylation is 2. The fourth-order valence-corrected chi connectivity index (χ4v) is 2.54. The molecule has 0 aliphatic rings. The largest absolute Gasteiger partial charge is 0.352 e. The predicted molar refractivity (Wildman–Crippen MR) is 88.0 cm³/mol. The van der Waals surface area contributed by atoms with Crippen LogP contribution in [0.15, 0.2) is 29.3 Å². The second-order valence-electron chi connectivity index (χ2n) is 5.30. The molecule has 0 fully saturated rings. The van der Waals surface area contributed by atoms with Crippen LogP contribution in [0, 0.1) is 0 Å². The molecule has 0 atom stereocenters. The van der Waals surface area contributed by atoms with Gasteiger partial charge >= 0.3 is 0 Å². The van der Waals surface area contributed by atoms with Crippen LogP contribution in [-0.2, 0) is 30.6 Å². The van der Waals surface area contributed by atoms with Crippen molar-refractivity contribution in [2.45, 2.75) is 46.1 Å². The maximum absolute atomic E-state index is 12.0. The molecule has 2 heterocycles. The Hall–Kier alpha value is -2.50. The van der Waals surface area contributed by atoms with Gasteiger partial charge in [0.05, 0.1) is 5.69 Å². The summed E-state index contributed by atoms with van der Waals surface area (Å²) in [6.45, 7) is 4.23. The maximum atomic E-state index is 12.0. The van der Waals surface area contributed by atoms with Gasteiger partial charge < -0.3 is 5.32 Å². The van der Waals surface area contributed by atoms with Crippen LogP contribution in [0.5, 0.6) is 0 Å². The molecular weight excluding hydrogens is 292 g/mol. The quantitative estimate of drug-likeness (QED) is 0.811. The number of H-pyrrole nitrogens is 1. The SMILES string of the molecule is CCc1n[nH]c(=O)c(CNC(=O)CCc2ccncc2)c1CC. The van der Waals surface area contributed by atoms with Crippen LogP contribution in [0.25, 0.3) is 0 Å². The molecule has 2 aromatic rings. The van der Waals surface area contributed by atoms with E-state index in [1.165, 1.54) is 0 Å². The number of nitrogens with zero attached hydrogens (tertiary/aromatic N) is 2. The van der Waals surface area contributed by atoms with E-state index in [0.717, 1.165) is 29.7 Å². The second kappa shape index (κ2) is 8.22. The summed E-state index contributed by atoms with van der Waals surface area (Å²) in [4.78, 5) is 27.9. The number of amides is 1. The van der Waals surface area contributed by atoms with Crippen LogP contribution < -0.4 is 10.9 Å². The van der Waals surface area contributed by atoms with Gasteiger partial charge in [-0.3, -0.25) is 14.6 Å². The van der Waals surface area contributed by atoms with E-state index in [1.807, 2.05) is 26.0 Å². The van der Waals surface area contributed by atoms with Gasteiger partial charge in [-0.05, 0) is 42.5 Å². The molecule has 0 spiro atoms. The topological polar surface area (TPSA) is 87.7 Å². The number of hydrogen-bond acceptors (Lipinski definition) is 4. The fourth-order valence-electron chi connectivity index (χ4n) is 2.54. The Morgan fingerprint density at radius 1 is 1.17 bits per heavy atom. The summed E-state index contributed by atoms with van der Waals surface area (Å²) in [5, 5.41) is 9.42. The first kappa shape index (κ1) is 16.9. The highest BCUT2D eigenvalue weighted by Crippen LogP contribution is 2.10. The lowest BCUT2D eigenvalue weighted by atomic mass is 10.0. The normalized spacial score (nSPS) is 10.5. The second-order valence-corrected chi connectivity index (χ2v) is 5.30. The Morgan fingerprint density at radius 2 is 1.91 bits per heavy atom. The van der Waals surface area contributed by atoms with E-state index < -0.39 is 0 Å². The van der Waals surface area contributed by atoms with Crippen molar-refractivity contribution in [2.75, 3.05) is 0 Å². The highest BCUT2D eigenvalue weighted by molar-refractivity contribution is 5.76. The molecule has 0 saturated heterocycles. The van der Waals surface area contributed by atoms with E-state index in [9.17, 15) is 9.59 Å². The first-order chi connectivity index (χ1) is 11.2. The molecule has 6 nitrogen and oxygen atoms in total. The number of hydrogen-bond donors (Lipinski definition) is 2. The van der Waals surface area contributed by atoms with Gasteiger partial charge in [0.25, 0.3) is 5.56 Å². The summed E-state index contributed by atoms with van der Waals surface area (Å²) >= 11 is 0. The zero-order valence-electron chi connectivity index (χ0n) is 13.6. The minimum Gasteiger partial charge on any atom is -0.352 e. The molecule has 2 aromatic heterocycles. The lowest BCUT2D eigenvalue weighted by Gasteiger charge is -2.11. The van der Waals surface area contributed by atoms with Crippen molar-refractivity contribution in [2.24, 2.45) is 0 Å². The Morgan fingerprint density at radius 3 is 2.57 bits per heavy atom. The summed E-state index contributed by atoms with van der Waals surface area (Å²) in [6.07, 6.45) is 5.94. The van der Waals surface area contributed by atoms with E-state index in [-0.39, 0.29) is 18.0 Å². The van der Waals surface area contributed by atoms with Crippen molar-refractivity contribution in [3.63, 3.8) is 0 Å². The molecule has 0 aromatic carbocycles. The maximum Gasteiger partial charge on any atom is 0.269 e. The number of carbonyl (C=O) groups is 1. The molecule has 0 aliphatic heterocycles. The minimum atomic E-state index is -0.228. The predicted octanol–water partition coefficient (Wildman–Crippen LogP) is 1.54.